The number of hydrogen-bond donors (Lipinski definition) is 0. The zero-order valence-corrected chi connectivity index (χ0v) is 12.3. The number of aryl methyl sites for hydroxylation is 1. The molecule has 1 saturated heterocycles. The highest BCUT2D eigenvalue weighted by Crippen LogP contribution is 2.34. The maximum absolute atomic E-state index is 5.80. The third kappa shape index (κ3) is 1.96. The Morgan fingerprint density at radius 1 is 1.29 bits per heavy atom. The molecule has 1 aliphatic rings. The number of nitrogens with zero attached hydrogens (tertiary/aromatic N) is 4. The van der Waals surface area contributed by atoms with Gasteiger partial charge in [-0.1, -0.05) is 0 Å². The van der Waals surface area contributed by atoms with Crippen molar-refractivity contribution in [1.29, 1.82) is 0 Å². The number of pyridine rings is 1. The molecule has 5 heteroatoms. The number of fused-ring (bicyclic) bond motifs is 1. The van der Waals surface area contributed by atoms with Gasteiger partial charge in [-0.3, -0.25) is 9.47 Å². The van der Waals surface area contributed by atoms with Gasteiger partial charge in [0, 0.05) is 6.20 Å². The molecule has 3 aromatic heterocycles. The van der Waals surface area contributed by atoms with Gasteiger partial charge in [-0.25, -0.2) is 9.97 Å². The lowest BCUT2D eigenvalue weighted by molar-refractivity contribution is 0.243. The third-order valence-corrected chi connectivity index (χ3v) is 4.19. The molecule has 4 rings (SSSR count). The van der Waals surface area contributed by atoms with Crippen molar-refractivity contribution in [2.24, 2.45) is 0 Å². The maximum Gasteiger partial charge on any atom is 0.179 e. The lowest BCUT2D eigenvalue weighted by atomic mass is 10.3. The van der Waals surface area contributed by atoms with Crippen LogP contribution < -0.4 is 0 Å². The molecule has 0 N–H and O–H groups in total. The number of furan rings is 1. The van der Waals surface area contributed by atoms with E-state index in [0.29, 0.717) is 6.17 Å². The summed E-state index contributed by atoms with van der Waals surface area (Å²) in [5.41, 5.74) is 1.85. The number of rotatable bonds is 2. The van der Waals surface area contributed by atoms with Gasteiger partial charge in [-0.05, 0) is 57.6 Å². The topological polar surface area (TPSA) is 47.1 Å². The van der Waals surface area contributed by atoms with Crippen LogP contribution in [-0.4, -0.2) is 33.0 Å². The van der Waals surface area contributed by atoms with Crippen LogP contribution in [0.2, 0.25) is 0 Å². The van der Waals surface area contributed by atoms with Gasteiger partial charge in [0.2, 0.25) is 0 Å². The predicted octanol–water partition coefficient (Wildman–Crippen LogP) is 3.22. The highest BCUT2D eigenvalue weighted by Gasteiger charge is 2.28. The van der Waals surface area contributed by atoms with Crippen LogP contribution in [0, 0.1) is 6.92 Å². The summed E-state index contributed by atoms with van der Waals surface area (Å²) in [5.74, 6) is 2.58. The van der Waals surface area contributed by atoms with Gasteiger partial charge in [0.15, 0.2) is 17.2 Å². The summed E-state index contributed by atoms with van der Waals surface area (Å²) in [6.45, 7) is 3.06. The molecule has 0 bridgehead atoms. The summed E-state index contributed by atoms with van der Waals surface area (Å²) in [6.07, 6.45) is 4.44. The summed E-state index contributed by atoms with van der Waals surface area (Å²) in [7, 11) is 2.16. The first kappa shape index (κ1) is 12.6. The Morgan fingerprint density at radius 3 is 2.90 bits per heavy atom. The van der Waals surface area contributed by atoms with Crippen molar-refractivity contribution >= 4 is 11.2 Å². The van der Waals surface area contributed by atoms with Crippen LogP contribution in [0.5, 0.6) is 0 Å². The SMILES string of the molecule is Cc1ccc(-c2nc3cccnc3n2C2CCCN2C)o1. The molecule has 0 radical (unpaired) electrons. The van der Waals surface area contributed by atoms with Crippen LogP contribution in [0.3, 0.4) is 0 Å². The van der Waals surface area contributed by atoms with Crippen LogP contribution in [0.1, 0.15) is 24.8 Å². The average Bonchev–Trinajstić information content (AvgIpc) is 3.16. The molecule has 1 atom stereocenters. The van der Waals surface area contributed by atoms with Crippen molar-refractivity contribution < 1.29 is 4.42 Å². The Balaban J connectivity index is 1.97. The molecule has 1 fully saturated rings. The fourth-order valence-electron chi connectivity index (χ4n) is 3.16. The Labute approximate surface area is 123 Å². The summed E-state index contributed by atoms with van der Waals surface area (Å²) in [5, 5.41) is 0. The zero-order valence-electron chi connectivity index (χ0n) is 12.3. The fraction of sp³-hybridized carbons (Fsp3) is 0.375. The lowest BCUT2D eigenvalue weighted by Crippen LogP contribution is -2.23. The average molecular weight is 282 g/mol. The maximum atomic E-state index is 5.80. The molecule has 1 unspecified atom stereocenters. The Morgan fingerprint density at radius 2 is 2.19 bits per heavy atom. The van der Waals surface area contributed by atoms with E-state index in [9.17, 15) is 0 Å². The Hall–Kier alpha value is -2.14. The molecule has 3 aromatic rings. The summed E-state index contributed by atoms with van der Waals surface area (Å²) < 4.78 is 8.03. The molecule has 0 aliphatic carbocycles. The summed E-state index contributed by atoms with van der Waals surface area (Å²) in [6, 6.07) is 7.90. The molecule has 4 heterocycles. The number of likely N-dealkylation sites (tertiary alicyclic amines) is 1. The van der Waals surface area contributed by atoms with Crippen molar-refractivity contribution in [2.75, 3.05) is 13.6 Å². The first-order valence-electron chi connectivity index (χ1n) is 7.34. The third-order valence-electron chi connectivity index (χ3n) is 4.19. The standard InChI is InChI=1S/C16H18N4O/c1-11-7-8-13(21-11)16-18-12-5-3-9-17-15(12)20(16)14-6-4-10-19(14)2/h3,5,7-9,14H,4,6,10H2,1-2H3. The molecule has 0 spiro atoms. The van der Waals surface area contributed by atoms with Crippen LogP contribution >= 0.6 is 0 Å². The molecule has 0 saturated carbocycles. The molecule has 1 aliphatic heterocycles. The smallest absolute Gasteiger partial charge is 0.179 e. The lowest BCUT2D eigenvalue weighted by Gasteiger charge is -2.22. The Kier molecular flexibility index (Phi) is 2.82. The van der Waals surface area contributed by atoms with Gasteiger partial charge in [0.05, 0.1) is 6.17 Å². The second-order valence-corrected chi connectivity index (χ2v) is 5.67. The van der Waals surface area contributed by atoms with E-state index in [4.69, 9.17) is 9.40 Å². The van der Waals surface area contributed by atoms with Crippen LogP contribution in [0.25, 0.3) is 22.7 Å². The van der Waals surface area contributed by atoms with Crippen molar-refractivity contribution in [2.45, 2.75) is 25.9 Å². The second-order valence-electron chi connectivity index (χ2n) is 5.67. The second kappa shape index (κ2) is 4.70. The molecular weight excluding hydrogens is 264 g/mol. The van der Waals surface area contributed by atoms with Crippen molar-refractivity contribution in [3.63, 3.8) is 0 Å². The first-order valence-corrected chi connectivity index (χ1v) is 7.34. The number of hydrogen-bond acceptors (Lipinski definition) is 4. The minimum absolute atomic E-state index is 0.297. The molecule has 0 amide bonds. The van der Waals surface area contributed by atoms with E-state index in [1.807, 2.05) is 37.4 Å². The minimum atomic E-state index is 0.297. The highest BCUT2D eigenvalue weighted by atomic mass is 16.3. The molecule has 0 aromatic carbocycles. The van der Waals surface area contributed by atoms with E-state index in [1.54, 1.807) is 0 Å². The monoisotopic (exact) mass is 282 g/mol. The summed E-state index contributed by atoms with van der Waals surface area (Å²) in [4.78, 5) is 11.7. The van der Waals surface area contributed by atoms with E-state index < -0.39 is 0 Å². The number of aromatic nitrogens is 3. The van der Waals surface area contributed by atoms with Crippen molar-refractivity contribution in [3.8, 4) is 11.6 Å². The first-order chi connectivity index (χ1) is 10.2. The largest absolute Gasteiger partial charge is 0.458 e. The quantitative estimate of drug-likeness (QED) is 0.724. The van der Waals surface area contributed by atoms with Gasteiger partial charge >= 0.3 is 0 Å². The zero-order chi connectivity index (χ0) is 14.4. The fourth-order valence-corrected chi connectivity index (χ4v) is 3.16. The van der Waals surface area contributed by atoms with Gasteiger partial charge in [-0.15, -0.1) is 0 Å². The van der Waals surface area contributed by atoms with E-state index in [1.165, 1.54) is 6.42 Å². The molecule has 108 valence electrons. The van der Waals surface area contributed by atoms with Crippen molar-refractivity contribution in [3.05, 3.63) is 36.2 Å². The van der Waals surface area contributed by atoms with Gasteiger partial charge in [0.25, 0.3) is 0 Å². The molecule has 5 nitrogen and oxygen atoms in total. The molecule has 21 heavy (non-hydrogen) atoms. The van der Waals surface area contributed by atoms with Gasteiger partial charge < -0.3 is 4.42 Å². The Bertz CT molecular complexity index is 789. The molecular formula is C16H18N4O. The highest BCUT2D eigenvalue weighted by molar-refractivity contribution is 5.76. The van der Waals surface area contributed by atoms with Gasteiger partial charge in [-0.2, -0.15) is 0 Å². The van der Waals surface area contributed by atoms with E-state index in [2.05, 4.69) is 21.5 Å². The van der Waals surface area contributed by atoms with Crippen LogP contribution in [0.15, 0.2) is 34.9 Å². The van der Waals surface area contributed by atoms with Crippen LogP contribution in [-0.2, 0) is 0 Å². The summed E-state index contributed by atoms with van der Waals surface area (Å²) >= 11 is 0. The minimum Gasteiger partial charge on any atom is -0.458 e. The van der Waals surface area contributed by atoms with E-state index in [0.717, 1.165) is 41.5 Å². The van der Waals surface area contributed by atoms with E-state index in [-0.39, 0.29) is 0 Å². The van der Waals surface area contributed by atoms with Crippen LogP contribution in [0.4, 0.5) is 0 Å². The van der Waals surface area contributed by atoms with Crippen molar-refractivity contribution in [1.82, 2.24) is 19.4 Å². The normalized spacial score (nSPS) is 19.6. The predicted molar refractivity (Wildman–Crippen MR) is 80.9 cm³/mol. The van der Waals surface area contributed by atoms with E-state index >= 15 is 0 Å². The van der Waals surface area contributed by atoms with Gasteiger partial charge in [0.1, 0.15) is 11.3 Å². The number of imidazole rings is 1.